The van der Waals surface area contributed by atoms with Gasteiger partial charge in [0.2, 0.25) is 0 Å². The zero-order valence-electron chi connectivity index (χ0n) is 13.0. The molecule has 0 saturated heterocycles. The highest BCUT2D eigenvalue weighted by Crippen LogP contribution is 2.48. The zero-order chi connectivity index (χ0) is 14.2. The van der Waals surface area contributed by atoms with Crippen LogP contribution in [0, 0.1) is 11.3 Å². The first-order valence-electron chi connectivity index (χ1n) is 8.40. The highest BCUT2D eigenvalue weighted by molar-refractivity contribution is 6.26. The molecule has 2 saturated carbocycles. The first-order valence-corrected chi connectivity index (χ1v) is 8.40. The number of hydrogen-bond acceptors (Lipinski definition) is 2. The highest BCUT2D eigenvalue weighted by atomic mass is 16.2. The van der Waals surface area contributed by atoms with Gasteiger partial charge in [0.05, 0.1) is 18.3 Å². The molecular weight excluding hydrogens is 248 g/mol. The first kappa shape index (κ1) is 14.1. The van der Waals surface area contributed by atoms with Gasteiger partial charge in [-0.2, -0.15) is 0 Å². The van der Waals surface area contributed by atoms with Crippen LogP contribution in [0.3, 0.4) is 0 Å². The van der Waals surface area contributed by atoms with Gasteiger partial charge in [0, 0.05) is 7.05 Å². The SMILES string of the molecule is CN1C(=O)C=NC2CC(C)(C3CCCCC3)CCCC21. The summed E-state index contributed by atoms with van der Waals surface area (Å²) in [6, 6.07) is 0.685. The van der Waals surface area contributed by atoms with E-state index < -0.39 is 0 Å². The maximum absolute atomic E-state index is 11.8. The van der Waals surface area contributed by atoms with Crippen molar-refractivity contribution in [2.75, 3.05) is 7.05 Å². The van der Waals surface area contributed by atoms with Crippen molar-refractivity contribution in [1.82, 2.24) is 4.90 Å². The average Bonchev–Trinajstić information content (AvgIpc) is 2.64. The number of carbonyl (C=O) groups is 1. The number of nitrogens with zero attached hydrogens (tertiary/aromatic N) is 2. The van der Waals surface area contributed by atoms with Gasteiger partial charge in [0.25, 0.3) is 5.91 Å². The van der Waals surface area contributed by atoms with Crippen LogP contribution in [0.4, 0.5) is 0 Å². The second kappa shape index (κ2) is 5.50. The Morgan fingerprint density at radius 3 is 2.70 bits per heavy atom. The molecule has 3 atom stereocenters. The smallest absolute Gasteiger partial charge is 0.264 e. The maximum atomic E-state index is 11.8. The van der Waals surface area contributed by atoms with E-state index >= 15 is 0 Å². The normalized spacial score (nSPS) is 39.5. The summed E-state index contributed by atoms with van der Waals surface area (Å²) in [5.74, 6) is 0.973. The van der Waals surface area contributed by atoms with E-state index in [4.69, 9.17) is 0 Å². The Labute approximate surface area is 122 Å². The predicted octanol–water partition coefficient (Wildman–Crippen LogP) is 3.43. The fourth-order valence-corrected chi connectivity index (χ4v) is 4.81. The first-order chi connectivity index (χ1) is 9.60. The number of carbonyl (C=O) groups excluding carboxylic acids is 1. The molecule has 0 bridgehead atoms. The molecule has 3 aliphatic rings. The van der Waals surface area contributed by atoms with Crippen LogP contribution < -0.4 is 0 Å². The van der Waals surface area contributed by atoms with E-state index in [9.17, 15) is 4.79 Å². The lowest BCUT2D eigenvalue weighted by Crippen LogP contribution is -2.48. The van der Waals surface area contributed by atoms with Gasteiger partial charge < -0.3 is 4.90 Å². The molecule has 1 aliphatic heterocycles. The van der Waals surface area contributed by atoms with Crippen LogP contribution in [0.25, 0.3) is 0 Å². The van der Waals surface area contributed by atoms with Crippen LogP contribution in [0.2, 0.25) is 0 Å². The molecule has 0 aromatic carbocycles. The summed E-state index contributed by atoms with van der Waals surface area (Å²) in [6.07, 6.45) is 13.5. The molecule has 0 aromatic rings. The van der Waals surface area contributed by atoms with Crippen LogP contribution >= 0.6 is 0 Å². The molecule has 2 fully saturated rings. The van der Waals surface area contributed by atoms with E-state index in [-0.39, 0.29) is 5.91 Å². The van der Waals surface area contributed by atoms with Gasteiger partial charge in [-0.1, -0.05) is 32.6 Å². The molecule has 2 aliphatic carbocycles. The fourth-order valence-electron chi connectivity index (χ4n) is 4.81. The zero-order valence-corrected chi connectivity index (χ0v) is 13.0. The summed E-state index contributed by atoms with van der Waals surface area (Å²) in [4.78, 5) is 18.4. The molecule has 3 unspecified atom stereocenters. The van der Waals surface area contributed by atoms with Gasteiger partial charge in [-0.05, 0) is 43.4 Å². The predicted molar refractivity (Wildman–Crippen MR) is 82.0 cm³/mol. The lowest BCUT2D eigenvalue weighted by Gasteiger charge is -2.42. The van der Waals surface area contributed by atoms with Crippen LogP contribution in [0.5, 0.6) is 0 Å². The molecular formula is C17H28N2O. The van der Waals surface area contributed by atoms with Gasteiger partial charge >= 0.3 is 0 Å². The quantitative estimate of drug-likeness (QED) is 0.722. The average molecular weight is 276 g/mol. The van der Waals surface area contributed by atoms with E-state index in [0.717, 1.165) is 12.3 Å². The number of likely N-dealkylation sites (N-methyl/N-ethyl adjacent to an activating group) is 1. The van der Waals surface area contributed by atoms with E-state index in [0.29, 0.717) is 17.5 Å². The van der Waals surface area contributed by atoms with Crippen molar-refractivity contribution in [1.29, 1.82) is 0 Å². The van der Waals surface area contributed by atoms with E-state index in [1.165, 1.54) is 51.4 Å². The highest BCUT2D eigenvalue weighted by Gasteiger charge is 2.43. The minimum Gasteiger partial charge on any atom is -0.336 e. The minimum absolute atomic E-state index is 0.0903. The molecule has 3 heteroatoms. The van der Waals surface area contributed by atoms with Crippen molar-refractivity contribution in [2.24, 2.45) is 16.3 Å². The molecule has 1 amide bonds. The fraction of sp³-hybridized carbons (Fsp3) is 0.882. The second-order valence-corrected chi connectivity index (χ2v) is 7.45. The van der Waals surface area contributed by atoms with Gasteiger partial charge in [0.15, 0.2) is 0 Å². The molecule has 3 rings (SSSR count). The lowest BCUT2D eigenvalue weighted by atomic mass is 9.65. The number of fused-ring (bicyclic) bond motifs is 1. The Hall–Kier alpha value is -0.860. The topological polar surface area (TPSA) is 32.7 Å². The van der Waals surface area contributed by atoms with Gasteiger partial charge in [-0.15, -0.1) is 0 Å². The van der Waals surface area contributed by atoms with Crippen LogP contribution in [-0.4, -0.2) is 36.2 Å². The molecule has 0 radical (unpaired) electrons. The van der Waals surface area contributed by atoms with E-state index in [2.05, 4.69) is 11.9 Å². The van der Waals surface area contributed by atoms with Crippen LogP contribution in [-0.2, 0) is 4.79 Å². The summed E-state index contributed by atoms with van der Waals surface area (Å²) in [5, 5.41) is 0. The number of amides is 1. The Kier molecular flexibility index (Phi) is 3.87. The summed E-state index contributed by atoms with van der Waals surface area (Å²) in [7, 11) is 1.95. The summed E-state index contributed by atoms with van der Waals surface area (Å²) in [6.45, 7) is 2.50. The van der Waals surface area contributed by atoms with E-state index in [1.807, 2.05) is 11.9 Å². The Balaban J connectivity index is 1.79. The third-order valence-corrected chi connectivity index (χ3v) is 6.18. The minimum atomic E-state index is 0.0903. The van der Waals surface area contributed by atoms with Crippen molar-refractivity contribution in [2.45, 2.75) is 76.8 Å². The van der Waals surface area contributed by atoms with Crippen molar-refractivity contribution < 1.29 is 4.79 Å². The molecule has 0 N–H and O–H groups in total. The summed E-state index contributed by atoms with van der Waals surface area (Å²) in [5.41, 5.74) is 0.443. The Bertz CT molecular complexity index is 400. The number of hydrogen-bond donors (Lipinski definition) is 0. The largest absolute Gasteiger partial charge is 0.336 e. The van der Waals surface area contributed by atoms with Crippen molar-refractivity contribution in [3.8, 4) is 0 Å². The standard InChI is InChI=1S/C17H28N2O/c1-17(13-7-4-3-5-8-13)10-6-9-15-14(11-17)18-12-16(20)19(15)2/h12-15H,3-11H2,1-2H3. The number of aliphatic imine (C=N–C) groups is 1. The second-order valence-electron chi connectivity index (χ2n) is 7.45. The van der Waals surface area contributed by atoms with Gasteiger partial charge in [-0.3, -0.25) is 9.79 Å². The summed E-state index contributed by atoms with van der Waals surface area (Å²) < 4.78 is 0. The lowest BCUT2D eigenvalue weighted by molar-refractivity contribution is -0.125. The third-order valence-electron chi connectivity index (χ3n) is 6.18. The van der Waals surface area contributed by atoms with Gasteiger partial charge in [0.1, 0.15) is 0 Å². The van der Waals surface area contributed by atoms with Crippen molar-refractivity contribution >= 4 is 12.1 Å². The Morgan fingerprint density at radius 1 is 1.20 bits per heavy atom. The molecule has 3 nitrogen and oxygen atoms in total. The maximum Gasteiger partial charge on any atom is 0.264 e. The monoisotopic (exact) mass is 276 g/mol. The van der Waals surface area contributed by atoms with Crippen molar-refractivity contribution in [3.05, 3.63) is 0 Å². The summed E-state index contributed by atoms with van der Waals surface area (Å²) >= 11 is 0. The number of rotatable bonds is 1. The Morgan fingerprint density at radius 2 is 1.95 bits per heavy atom. The van der Waals surface area contributed by atoms with Crippen LogP contribution in [0.1, 0.15) is 64.7 Å². The molecule has 1 heterocycles. The molecule has 112 valence electrons. The molecule has 20 heavy (non-hydrogen) atoms. The van der Waals surface area contributed by atoms with Gasteiger partial charge in [-0.25, -0.2) is 0 Å². The molecule has 0 aromatic heterocycles. The molecule has 0 spiro atoms. The van der Waals surface area contributed by atoms with Crippen molar-refractivity contribution in [3.63, 3.8) is 0 Å². The third kappa shape index (κ3) is 2.51. The van der Waals surface area contributed by atoms with E-state index in [1.54, 1.807) is 6.21 Å². The van der Waals surface area contributed by atoms with Crippen LogP contribution in [0.15, 0.2) is 4.99 Å².